The summed E-state index contributed by atoms with van der Waals surface area (Å²) in [7, 11) is 0. The predicted octanol–water partition coefficient (Wildman–Crippen LogP) is 12.1. The summed E-state index contributed by atoms with van der Waals surface area (Å²) in [4.78, 5) is 9.96. The van der Waals surface area contributed by atoms with Gasteiger partial charge in [-0.1, -0.05) is 158 Å². The molecule has 0 N–H and O–H groups in total. The van der Waals surface area contributed by atoms with Crippen molar-refractivity contribution in [3.05, 3.63) is 181 Å². The fourth-order valence-corrected chi connectivity index (χ4v) is 7.12. The van der Waals surface area contributed by atoms with Crippen molar-refractivity contribution in [1.29, 1.82) is 5.26 Å². The van der Waals surface area contributed by atoms with E-state index in [0.29, 0.717) is 5.56 Å². The molecule has 0 unspecified atom stereocenters. The Morgan fingerprint density at radius 2 is 0.780 bits per heavy atom. The maximum Gasteiger partial charge on any atom is 0.160 e. The van der Waals surface area contributed by atoms with E-state index in [1.165, 1.54) is 38.2 Å². The smallest absolute Gasteiger partial charge is 0.160 e. The zero-order valence-electron chi connectivity index (χ0n) is 27.1. The molecule has 0 spiro atoms. The van der Waals surface area contributed by atoms with E-state index >= 15 is 0 Å². The Morgan fingerprint density at radius 1 is 0.340 bits per heavy atom. The van der Waals surface area contributed by atoms with Gasteiger partial charge in [0.25, 0.3) is 0 Å². The summed E-state index contributed by atoms with van der Waals surface area (Å²) in [6.45, 7) is 0. The minimum absolute atomic E-state index is 0.663. The van der Waals surface area contributed by atoms with E-state index < -0.39 is 0 Å². The molecule has 0 aliphatic carbocycles. The third-order valence-corrected chi connectivity index (χ3v) is 9.57. The Morgan fingerprint density at radius 3 is 1.34 bits per heavy atom. The van der Waals surface area contributed by atoms with Crippen LogP contribution in [0.4, 0.5) is 0 Å². The van der Waals surface area contributed by atoms with E-state index in [0.717, 1.165) is 50.2 Å². The van der Waals surface area contributed by atoms with Gasteiger partial charge in [0, 0.05) is 16.5 Å². The number of hydrogen-bond acceptors (Lipinski definition) is 3. The molecule has 1 aromatic heterocycles. The topological polar surface area (TPSA) is 49.6 Å². The molecule has 1 heterocycles. The van der Waals surface area contributed by atoms with Crippen molar-refractivity contribution in [2.24, 2.45) is 0 Å². The molecular weight excluding hydrogens is 607 g/mol. The summed E-state index contributed by atoms with van der Waals surface area (Å²) in [5.41, 5.74) is 11.6. The maximum absolute atomic E-state index is 9.30. The molecule has 0 aliphatic rings. The summed E-state index contributed by atoms with van der Waals surface area (Å²) in [5.74, 6) is 0.724. The second kappa shape index (κ2) is 12.3. The fourth-order valence-electron chi connectivity index (χ4n) is 7.12. The van der Waals surface area contributed by atoms with E-state index in [9.17, 15) is 5.26 Å². The third-order valence-electron chi connectivity index (χ3n) is 9.57. The van der Waals surface area contributed by atoms with Crippen molar-refractivity contribution in [3.63, 3.8) is 0 Å². The number of hydrogen-bond donors (Lipinski definition) is 0. The molecule has 8 aromatic carbocycles. The van der Waals surface area contributed by atoms with E-state index in [4.69, 9.17) is 9.97 Å². The van der Waals surface area contributed by atoms with Crippen LogP contribution in [0.2, 0.25) is 0 Å². The monoisotopic (exact) mass is 635 g/mol. The van der Waals surface area contributed by atoms with Gasteiger partial charge in [0.2, 0.25) is 0 Å². The molecule has 50 heavy (non-hydrogen) atoms. The number of fused-ring (bicyclic) bond motifs is 3. The van der Waals surface area contributed by atoms with Gasteiger partial charge in [-0.15, -0.1) is 0 Å². The van der Waals surface area contributed by atoms with E-state index in [-0.39, 0.29) is 0 Å². The van der Waals surface area contributed by atoms with Crippen LogP contribution >= 0.6 is 0 Å². The summed E-state index contributed by atoms with van der Waals surface area (Å²) >= 11 is 0. The number of nitriles is 1. The summed E-state index contributed by atoms with van der Waals surface area (Å²) in [6, 6.07) is 63.5. The molecule has 0 amide bonds. The number of rotatable bonds is 5. The van der Waals surface area contributed by atoms with Crippen molar-refractivity contribution in [3.8, 4) is 62.1 Å². The van der Waals surface area contributed by atoms with Gasteiger partial charge in [0.1, 0.15) is 0 Å². The number of para-hydroxylation sites is 1. The Hall–Kier alpha value is -6.89. The Bertz CT molecular complexity index is 2740. The standard InChI is InChI=1S/C47H29N3/c48-30-31-18-20-32(21-19-31)36-26-28-42(40-14-6-4-12-38(36)40)43-29-27-37(39-13-5-7-15-41(39)43)33-22-24-34(25-23-33)46-44-16-8-9-17-45(44)49-47(50-46)35-10-2-1-3-11-35/h1-29H. The van der Waals surface area contributed by atoms with Gasteiger partial charge >= 0.3 is 0 Å². The fraction of sp³-hybridized carbons (Fsp3) is 0. The van der Waals surface area contributed by atoms with E-state index in [1.807, 2.05) is 54.6 Å². The number of benzene rings is 8. The predicted molar refractivity (Wildman–Crippen MR) is 206 cm³/mol. The van der Waals surface area contributed by atoms with Gasteiger partial charge in [-0.05, 0) is 73.1 Å². The van der Waals surface area contributed by atoms with Gasteiger partial charge in [0.05, 0.1) is 22.8 Å². The van der Waals surface area contributed by atoms with Crippen LogP contribution in [0, 0.1) is 11.3 Å². The lowest BCUT2D eigenvalue weighted by molar-refractivity contribution is 1.23. The number of nitrogens with zero attached hydrogens (tertiary/aromatic N) is 3. The molecule has 0 saturated carbocycles. The quantitative estimate of drug-likeness (QED) is 0.189. The van der Waals surface area contributed by atoms with Crippen LogP contribution in [0.15, 0.2) is 176 Å². The van der Waals surface area contributed by atoms with Gasteiger partial charge < -0.3 is 0 Å². The summed E-state index contributed by atoms with van der Waals surface area (Å²) in [6.07, 6.45) is 0. The lowest BCUT2D eigenvalue weighted by Crippen LogP contribution is -1.95. The summed E-state index contributed by atoms with van der Waals surface area (Å²) < 4.78 is 0. The van der Waals surface area contributed by atoms with Crippen LogP contribution in [-0.2, 0) is 0 Å². The highest BCUT2D eigenvalue weighted by Gasteiger charge is 2.15. The van der Waals surface area contributed by atoms with Crippen molar-refractivity contribution in [2.75, 3.05) is 0 Å². The van der Waals surface area contributed by atoms with Crippen molar-refractivity contribution >= 4 is 32.4 Å². The molecule has 0 atom stereocenters. The maximum atomic E-state index is 9.30. The minimum Gasteiger partial charge on any atom is -0.228 e. The SMILES string of the molecule is N#Cc1ccc(-c2ccc(-c3ccc(-c4ccc(-c5nc(-c6ccccc6)nc6ccccc56)cc4)c4ccccc34)c3ccccc23)cc1. The lowest BCUT2D eigenvalue weighted by atomic mass is 9.88. The van der Waals surface area contributed by atoms with E-state index in [1.54, 1.807) is 0 Å². The van der Waals surface area contributed by atoms with Gasteiger partial charge in [-0.3, -0.25) is 0 Å². The average molecular weight is 636 g/mol. The van der Waals surface area contributed by atoms with E-state index in [2.05, 4.69) is 127 Å². The molecule has 0 aliphatic heterocycles. The molecule has 232 valence electrons. The van der Waals surface area contributed by atoms with Crippen molar-refractivity contribution < 1.29 is 0 Å². The van der Waals surface area contributed by atoms with Gasteiger partial charge in [0.15, 0.2) is 5.82 Å². The molecule has 0 radical (unpaired) electrons. The second-order valence-electron chi connectivity index (χ2n) is 12.5. The summed E-state index contributed by atoms with van der Waals surface area (Å²) in [5, 5.41) is 15.1. The highest BCUT2D eigenvalue weighted by Crippen LogP contribution is 2.41. The molecule has 0 fully saturated rings. The van der Waals surface area contributed by atoms with Gasteiger partial charge in [-0.25, -0.2) is 9.97 Å². The first-order chi connectivity index (χ1) is 24.7. The molecule has 9 aromatic rings. The van der Waals surface area contributed by atoms with Crippen LogP contribution in [0.3, 0.4) is 0 Å². The Balaban J connectivity index is 1.13. The normalized spacial score (nSPS) is 11.2. The Labute approximate surface area is 290 Å². The third kappa shape index (κ3) is 5.08. The molecule has 3 nitrogen and oxygen atoms in total. The molecule has 9 rings (SSSR count). The minimum atomic E-state index is 0.663. The first-order valence-corrected chi connectivity index (χ1v) is 16.7. The first-order valence-electron chi connectivity index (χ1n) is 16.7. The molecule has 0 bridgehead atoms. The largest absolute Gasteiger partial charge is 0.228 e. The highest BCUT2D eigenvalue weighted by atomic mass is 14.9. The average Bonchev–Trinajstić information content (AvgIpc) is 3.20. The van der Waals surface area contributed by atoms with Crippen LogP contribution in [-0.4, -0.2) is 9.97 Å². The van der Waals surface area contributed by atoms with Crippen LogP contribution < -0.4 is 0 Å². The molecule has 3 heteroatoms. The first kappa shape index (κ1) is 29.3. The zero-order valence-corrected chi connectivity index (χ0v) is 27.1. The van der Waals surface area contributed by atoms with Crippen molar-refractivity contribution in [1.82, 2.24) is 9.97 Å². The highest BCUT2D eigenvalue weighted by molar-refractivity contribution is 6.12. The van der Waals surface area contributed by atoms with Crippen LogP contribution in [0.5, 0.6) is 0 Å². The Kier molecular flexibility index (Phi) is 7.19. The number of aromatic nitrogens is 2. The molecular formula is C47H29N3. The van der Waals surface area contributed by atoms with Crippen LogP contribution in [0.25, 0.3) is 88.5 Å². The van der Waals surface area contributed by atoms with Gasteiger partial charge in [-0.2, -0.15) is 5.26 Å². The van der Waals surface area contributed by atoms with Crippen molar-refractivity contribution in [2.45, 2.75) is 0 Å². The zero-order chi connectivity index (χ0) is 33.4. The second-order valence-corrected chi connectivity index (χ2v) is 12.5. The lowest BCUT2D eigenvalue weighted by Gasteiger charge is -2.16. The van der Waals surface area contributed by atoms with Crippen LogP contribution in [0.1, 0.15) is 5.56 Å². The molecule has 0 saturated heterocycles.